The molecule has 2 aliphatic rings. The molecule has 1 saturated heterocycles. The van der Waals surface area contributed by atoms with Gasteiger partial charge in [-0.2, -0.15) is 0 Å². The fourth-order valence-corrected chi connectivity index (χ4v) is 3.98. The van der Waals surface area contributed by atoms with Gasteiger partial charge in [0.05, 0.1) is 16.8 Å². The quantitative estimate of drug-likeness (QED) is 0.703. The summed E-state index contributed by atoms with van der Waals surface area (Å²) in [6.07, 6.45) is 1.44. The van der Waals surface area contributed by atoms with Crippen LogP contribution in [0.1, 0.15) is 28.8 Å². The van der Waals surface area contributed by atoms with Crippen molar-refractivity contribution in [3.63, 3.8) is 0 Å². The number of Topliss-reactive ketones (excluding diaryl/α,β-unsaturated/α-hetero) is 1. The van der Waals surface area contributed by atoms with Gasteiger partial charge in [0.25, 0.3) is 0 Å². The van der Waals surface area contributed by atoms with Gasteiger partial charge in [0.15, 0.2) is 0 Å². The molecule has 29 heavy (non-hydrogen) atoms. The second kappa shape index (κ2) is 6.86. The van der Waals surface area contributed by atoms with Crippen LogP contribution in [-0.4, -0.2) is 46.5 Å². The number of ketones is 1. The maximum Gasteiger partial charge on any atom is 0.329 e. The van der Waals surface area contributed by atoms with E-state index in [-0.39, 0.29) is 29.0 Å². The first-order chi connectivity index (χ1) is 14.1. The van der Waals surface area contributed by atoms with Gasteiger partial charge in [-0.3, -0.25) is 4.79 Å². The van der Waals surface area contributed by atoms with E-state index in [0.717, 1.165) is 12.8 Å². The first kappa shape index (κ1) is 17.6. The zero-order valence-electron chi connectivity index (χ0n) is 15.6. The average Bonchev–Trinajstić information content (AvgIpc) is 3.22. The molecule has 2 N–H and O–H groups in total. The van der Waals surface area contributed by atoms with Crippen molar-refractivity contribution in [2.24, 2.45) is 4.99 Å². The molecule has 3 heterocycles. The monoisotopic (exact) mass is 389 g/mol. The van der Waals surface area contributed by atoms with E-state index in [9.17, 15) is 14.7 Å². The molecule has 1 amide bonds. The van der Waals surface area contributed by atoms with Crippen LogP contribution in [-0.2, 0) is 4.74 Å². The zero-order valence-corrected chi connectivity index (χ0v) is 15.6. The molecule has 0 spiro atoms. The molecule has 0 aliphatic carbocycles. The third-order valence-corrected chi connectivity index (χ3v) is 5.43. The number of carbonyl (C=O) groups is 2. The Morgan fingerprint density at radius 2 is 1.83 bits per heavy atom. The van der Waals surface area contributed by atoms with Crippen molar-refractivity contribution in [1.29, 1.82) is 0 Å². The van der Waals surface area contributed by atoms with Crippen molar-refractivity contribution in [2.45, 2.75) is 18.9 Å². The Kier molecular flexibility index (Phi) is 4.17. The van der Waals surface area contributed by atoms with Crippen molar-refractivity contribution >= 4 is 34.1 Å². The molecule has 2 aromatic carbocycles. The number of hydrogen-bond acceptors (Lipinski definition) is 5. The molecular formula is C22H19N3O4. The second-order valence-electron chi connectivity index (χ2n) is 7.19. The second-order valence-corrected chi connectivity index (χ2v) is 7.19. The molecular weight excluding hydrogens is 370 g/mol. The number of amides is 1. The molecule has 0 saturated carbocycles. The van der Waals surface area contributed by atoms with E-state index in [4.69, 9.17) is 4.74 Å². The summed E-state index contributed by atoms with van der Waals surface area (Å²) in [4.78, 5) is 30.4. The lowest BCUT2D eigenvalue weighted by atomic mass is 10.0. The van der Waals surface area contributed by atoms with Crippen molar-refractivity contribution < 1.29 is 19.4 Å². The van der Waals surface area contributed by atoms with Gasteiger partial charge in [-0.25, -0.2) is 14.4 Å². The number of rotatable bonds is 2. The van der Waals surface area contributed by atoms with Gasteiger partial charge >= 0.3 is 6.03 Å². The third-order valence-electron chi connectivity index (χ3n) is 5.43. The summed E-state index contributed by atoms with van der Waals surface area (Å²) in [6.45, 7) is 1.19. The molecule has 0 bridgehead atoms. The standard InChI is InChI=1S/C22H19N3O4/c26-20-14-5-1-3-7-16(14)24-19(20)18-15-6-2-4-8-17(15)25(21(18)27)22(28)23-13-9-11-29-12-10-13/h1-8,13,27H,9-12H2,(H,23,28). The van der Waals surface area contributed by atoms with Gasteiger partial charge in [-0.15, -0.1) is 0 Å². The van der Waals surface area contributed by atoms with E-state index >= 15 is 0 Å². The number of ether oxygens (including phenoxy) is 1. The maximum atomic E-state index is 13.0. The van der Waals surface area contributed by atoms with Crippen LogP contribution in [0.4, 0.5) is 10.5 Å². The smallest absolute Gasteiger partial charge is 0.329 e. The molecule has 0 atom stereocenters. The van der Waals surface area contributed by atoms with Crippen LogP contribution < -0.4 is 5.32 Å². The van der Waals surface area contributed by atoms with Crippen LogP contribution in [0.15, 0.2) is 53.5 Å². The van der Waals surface area contributed by atoms with E-state index < -0.39 is 6.03 Å². The van der Waals surface area contributed by atoms with Crippen molar-refractivity contribution in [3.05, 3.63) is 59.7 Å². The lowest BCUT2D eigenvalue weighted by Crippen LogP contribution is -2.40. The van der Waals surface area contributed by atoms with E-state index in [1.54, 1.807) is 42.5 Å². The summed E-state index contributed by atoms with van der Waals surface area (Å²) in [5, 5.41) is 14.6. The fraction of sp³-hybridized carbons (Fsp3) is 0.227. The highest BCUT2D eigenvalue weighted by Gasteiger charge is 2.32. The van der Waals surface area contributed by atoms with Gasteiger partial charge < -0.3 is 15.2 Å². The largest absolute Gasteiger partial charge is 0.494 e. The molecule has 3 aromatic rings. The lowest BCUT2D eigenvalue weighted by Gasteiger charge is -2.23. The Hall–Kier alpha value is -3.45. The summed E-state index contributed by atoms with van der Waals surface area (Å²) in [6, 6.07) is 13.7. The Morgan fingerprint density at radius 3 is 2.62 bits per heavy atom. The SMILES string of the molecule is O=C1C(c2c(O)n(C(=O)NC3CCOCC3)c3ccccc23)=Nc2ccccc21. The highest BCUT2D eigenvalue weighted by Crippen LogP contribution is 2.37. The van der Waals surface area contributed by atoms with Crippen molar-refractivity contribution in [2.75, 3.05) is 13.2 Å². The molecule has 7 heteroatoms. The number of carbonyl (C=O) groups excluding carboxylic acids is 2. The number of aromatic hydroxyl groups is 1. The van der Waals surface area contributed by atoms with Crippen LogP contribution in [0.3, 0.4) is 0 Å². The number of nitrogens with zero attached hydrogens (tertiary/aromatic N) is 2. The first-order valence-electron chi connectivity index (χ1n) is 9.59. The predicted octanol–water partition coefficient (Wildman–Crippen LogP) is 3.40. The summed E-state index contributed by atoms with van der Waals surface area (Å²) < 4.78 is 6.56. The van der Waals surface area contributed by atoms with Gasteiger partial charge in [0, 0.05) is 30.2 Å². The van der Waals surface area contributed by atoms with Crippen LogP contribution in [0.2, 0.25) is 0 Å². The zero-order chi connectivity index (χ0) is 20.0. The predicted molar refractivity (Wildman–Crippen MR) is 108 cm³/mol. The van der Waals surface area contributed by atoms with Gasteiger partial charge in [-0.1, -0.05) is 30.3 Å². The summed E-state index contributed by atoms with van der Waals surface area (Å²) in [5.74, 6) is -0.542. The molecule has 1 fully saturated rings. The first-order valence-corrected chi connectivity index (χ1v) is 9.59. The minimum absolute atomic E-state index is 0.0185. The minimum atomic E-state index is -0.430. The lowest BCUT2D eigenvalue weighted by molar-refractivity contribution is 0.0801. The van der Waals surface area contributed by atoms with Crippen LogP contribution in [0.25, 0.3) is 10.9 Å². The van der Waals surface area contributed by atoms with E-state index in [1.807, 2.05) is 6.07 Å². The molecule has 0 unspecified atom stereocenters. The molecule has 1 aromatic heterocycles. The molecule has 146 valence electrons. The Balaban J connectivity index is 1.60. The van der Waals surface area contributed by atoms with Crippen molar-refractivity contribution in [3.8, 4) is 5.88 Å². The van der Waals surface area contributed by atoms with E-state index in [1.165, 1.54) is 4.57 Å². The summed E-state index contributed by atoms with van der Waals surface area (Å²) in [5.41, 5.74) is 2.01. The minimum Gasteiger partial charge on any atom is -0.494 e. The number of aromatic nitrogens is 1. The summed E-state index contributed by atoms with van der Waals surface area (Å²) >= 11 is 0. The Labute approximate surface area is 166 Å². The third kappa shape index (κ3) is 2.82. The van der Waals surface area contributed by atoms with Gasteiger partial charge in [-0.05, 0) is 31.0 Å². The van der Waals surface area contributed by atoms with Gasteiger partial charge in [0.2, 0.25) is 11.7 Å². The highest BCUT2D eigenvalue weighted by atomic mass is 16.5. The number of benzene rings is 2. The number of hydrogen-bond donors (Lipinski definition) is 2. The average molecular weight is 389 g/mol. The Morgan fingerprint density at radius 1 is 1.10 bits per heavy atom. The number of para-hydroxylation sites is 2. The molecule has 2 aliphatic heterocycles. The normalized spacial score (nSPS) is 16.7. The maximum absolute atomic E-state index is 13.0. The van der Waals surface area contributed by atoms with E-state index in [2.05, 4.69) is 10.3 Å². The van der Waals surface area contributed by atoms with Crippen LogP contribution in [0.5, 0.6) is 5.88 Å². The number of fused-ring (bicyclic) bond motifs is 2. The Bertz CT molecular complexity index is 1170. The summed E-state index contributed by atoms with van der Waals surface area (Å²) in [7, 11) is 0. The molecule has 7 nitrogen and oxygen atoms in total. The topological polar surface area (TPSA) is 92.9 Å². The number of nitrogens with one attached hydrogen (secondary N) is 1. The van der Waals surface area contributed by atoms with Crippen LogP contribution >= 0.6 is 0 Å². The highest BCUT2D eigenvalue weighted by molar-refractivity contribution is 6.56. The van der Waals surface area contributed by atoms with Crippen molar-refractivity contribution in [1.82, 2.24) is 9.88 Å². The molecule has 0 radical (unpaired) electrons. The fourth-order valence-electron chi connectivity index (χ4n) is 3.98. The van der Waals surface area contributed by atoms with E-state index in [0.29, 0.717) is 35.4 Å². The molecule has 5 rings (SSSR count). The number of aliphatic imine (C=N–C) groups is 1. The van der Waals surface area contributed by atoms with Crippen LogP contribution in [0, 0.1) is 0 Å². The van der Waals surface area contributed by atoms with Gasteiger partial charge in [0.1, 0.15) is 5.71 Å².